The standard InChI is InChI=1S/C13H17ClN2O/c1-9(2)8-16-13(3,12(15)17)10-5-4-6-11(14)7-10/h4-7,16H,1,8H2,2-3H3,(H2,15,17)/t13-/m0/s1. The van der Waals surface area contributed by atoms with Crippen molar-refractivity contribution < 1.29 is 4.79 Å². The maximum Gasteiger partial charge on any atom is 0.242 e. The van der Waals surface area contributed by atoms with Gasteiger partial charge in [-0.05, 0) is 31.5 Å². The number of hydrogen-bond acceptors (Lipinski definition) is 2. The van der Waals surface area contributed by atoms with E-state index in [-0.39, 0.29) is 0 Å². The first-order valence-electron chi connectivity index (χ1n) is 5.31. The first-order valence-corrected chi connectivity index (χ1v) is 5.69. The van der Waals surface area contributed by atoms with Gasteiger partial charge in [-0.15, -0.1) is 0 Å². The summed E-state index contributed by atoms with van der Waals surface area (Å²) in [4.78, 5) is 11.6. The molecule has 1 amide bonds. The second-order valence-electron chi connectivity index (χ2n) is 4.31. The molecule has 0 saturated carbocycles. The van der Waals surface area contributed by atoms with Gasteiger partial charge in [-0.2, -0.15) is 0 Å². The van der Waals surface area contributed by atoms with Gasteiger partial charge in [-0.25, -0.2) is 0 Å². The minimum atomic E-state index is -0.941. The normalized spacial score (nSPS) is 14.1. The molecule has 0 unspecified atom stereocenters. The van der Waals surface area contributed by atoms with Crippen LogP contribution in [0, 0.1) is 0 Å². The van der Waals surface area contributed by atoms with Crippen LogP contribution >= 0.6 is 11.6 Å². The lowest BCUT2D eigenvalue weighted by Gasteiger charge is -2.28. The van der Waals surface area contributed by atoms with Crippen LogP contribution in [-0.4, -0.2) is 12.5 Å². The van der Waals surface area contributed by atoms with Gasteiger partial charge in [0.25, 0.3) is 0 Å². The van der Waals surface area contributed by atoms with Crippen LogP contribution in [0.15, 0.2) is 36.4 Å². The highest BCUT2D eigenvalue weighted by Crippen LogP contribution is 2.23. The molecule has 0 aromatic heterocycles. The number of amides is 1. The quantitative estimate of drug-likeness (QED) is 0.790. The van der Waals surface area contributed by atoms with Gasteiger partial charge in [0.05, 0.1) is 0 Å². The van der Waals surface area contributed by atoms with Crippen molar-refractivity contribution >= 4 is 17.5 Å². The smallest absolute Gasteiger partial charge is 0.242 e. The summed E-state index contributed by atoms with van der Waals surface area (Å²) >= 11 is 5.92. The third kappa shape index (κ3) is 3.32. The molecule has 1 aromatic carbocycles. The van der Waals surface area contributed by atoms with Crippen molar-refractivity contribution in [2.75, 3.05) is 6.54 Å². The van der Waals surface area contributed by atoms with Crippen molar-refractivity contribution in [1.82, 2.24) is 5.32 Å². The minimum absolute atomic E-state index is 0.444. The summed E-state index contributed by atoms with van der Waals surface area (Å²) in [7, 11) is 0. The fourth-order valence-electron chi connectivity index (χ4n) is 1.46. The zero-order valence-corrected chi connectivity index (χ0v) is 10.8. The van der Waals surface area contributed by atoms with E-state index in [0.717, 1.165) is 11.1 Å². The molecule has 0 aliphatic heterocycles. The molecule has 0 radical (unpaired) electrons. The molecule has 0 fully saturated rings. The number of hydrogen-bond donors (Lipinski definition) is 2. The van der Waals surface area contributed by atoms with Crippen molar-refractivity contribution in [3.05, 3.63) is 47.0 Å². The van der Waals surface area contributed by atoms with Gasteiger partial charge in [-0.1, -0.05) is 35.9 Å². The molecular weight excluding hydrogens is 236 g/mol. The minimum Gasteiger partial charge on any atom is -0.368 e. The molecule has 0 spiro atoms. The lowest BCUT2D eigenvalue weighted by Crippen LogP contribution is -2.50. The van der Waals surface area contributed by atoms with Gasteiger partial charge in [-0.3, -0.25) is 10.1 Å². The lowest BCUT2D eigenvalue weighted by molar-refractivity contribution is -0.124. The summed E-state index contributed by atoms with van der Waals surface area (Å²) in [5.41, 5.74) is 6.20. The largest absolute Gasteiger partial charge is 0.368 e. The summed E-state index contributed by atoms with van der Waals surface area (Å²) in [6.45, 7) is 7.93. The molecule has 0 aliphatic carbocycles. The van der Waals surface area contributed by atoms with Gasteiger partial charge in [0, 0.05) is 11.6 Å². The van der Waals surface area contributed by atoms with E-state index in [9.17, 15) is 4.79 Å². The highest BCUT2D eigenvalue weighted by Gasteiger charge is 2.32. The predicted octanol–water partition coefficient (Wildman–Crippen LogP) is 2.21. The molecule has 0 heterocycles. The fraction of sp³-hybridized carbons (Fsp3) is 0.308. The van der Waals surface area contributed by atoms with Gasteiger partial charge in [0.2, 0.25) is 5.91 Å². The molecule has 4 heteroatoms. The second kappa shape index (κ2) is 5.34. The Hall–Kier alpha value is -1.32. The maximum atomic E-state index is 11.6. The number of primary amides is 1. The molecule has 17 heavy (non-hydrogen) atoms. The Kier molecular flexibility index (Phi) is 4.32. The van der Waals surface area contributed by atoms with Crippen molar-refractivity contribution in [3.63, 3.8) is 0 Å². The summed E-state index contributed by atoms with van der Waals surface area (Å²) < 4.78 is 0. The van der Waals surface area contributed by atoms with Crippen molar-refractivity contribution in [2.24, 2.45) is 5.73 Å². The Morgan fingerprint density at radius 1 is 1.59 bits per heavy atom. The van der Waals surface area contributed by atoms with Crippen LogP contribution in [0.5, 0.6) is 0 Å². The Morgan fingerprint density at radius 3 is 2.71 bits per heavy atom. The van der Waals surface area contributed by atoms with Crippen LogP contribution in [-0.2, 0) is 10.3 Å². The van der Waals surface area contributed by atoms with Crippen LogP contribution in [0.2, 0.25) is 5.02 Å². The molecule has 0 aliphatic rings. The van der Waals surface area contributed by atoms with Gasteiger partial charge in [0.15, 0.2) is 0 Å². The highest BCUT2D eigenvalue weighted by molar-refractivity contribution is 6.30. The molecule has 1 rings (SSSR count). The van der Waals surface area contributed by atoms with E-state index in [0.29, 0.717) is 11.6 Å². The number of carbonyl (C=O) groups is 1. The SMILES string of the molecule is C=C(C)CN[C@](C)(C(N)=O)c1cccc(Cl)c1. The van der Waals surface area contributed by atoms with Crippen LogP contribution in [0.1, 0.15) is 19.4 Å². The zero-order chi connectivity index (χ0) is 13.1. The Balaban J connectivity index is 3.07. The van der Waals surface area contributed by atoms with E-state index in [1.807, 2.05) is 13.0 Å². The number of halogens is 1. The van der Waals surface area contributed by atoms with Crippen LogP contribution in [0.25, 0.3) is 0 Å². The Labute approximate surface area is 107 Å². The summed E-state index contributed by atoms with van der Waals surface area (Å²) in [6, 6.07) is 7.10. The zero-order valence-electron chi connectivity index (χ0n) is 10.1. The van der Waals surface area contributed by atoms with Crippen LogP contribution in [0.3, 0.4) is 0 Å². The van der Waals surface area contributed by atoms with E-state index in [1.165, 1.54) is 0 Å². The number of nitrogens with one attached hydrogen (secondary N) is 1. The molecular formula is C13H17ClN2O. The van der Waals surface area contributed by atoms with Crippen molar-refractivity contribution in [3.8, 4) is 0 Å². The van der Waals surface area contributed by atoms with Crippen molar-refractivity contribution in [1.29, 1.82) is 0 Å². The highest BCUT2D eigenvalue weighted by atomic mass is 35.5. The first-order chi connectivity index (χ1) is 7.86. The number of rotatable bonds is 5. The Morgan fingerprint density at radius 2 is 2.24 bits per heavy atom. The molecule has 3 nitrogen and oxygen atoms in total. The molecule has 1 atom stereocenters. The predicted molar refractivity (Wildman–Crippen MR) is 70.8 cm³/mol. The summed E-state index contributed by atoms with van der Waals surface area (Å²) in [5.74, 6) is -0.444. The summed E-state index contributed by atoms with van der Waals surface area (Å²) in [6.07, 6.45) is 0. The average molecular weight is 253 g/mol. The van der Waals surface area contributed by atoms with E-state index in [2.05, 4.69) is 11.9 Å². The van der Waals surface area contributed by atoms with Gasteiger partial charge >= 0.3 is 0 Å². The van der Waals surface area contributed by atoms with Gasteiger partial charge in [0.1, 0.15) is 5.54 Å². The van der Waals surface area contributed by atoms with Crippen LogP contribution < -0.4 is 11.1 Å². The van der Waals surface area contributed by atoms with E-state index in [4.69, 9.17) is 17.3 Å². The third-order valence-corrected chi connectivity index (χ3v) is 2.87. The van der Waals surface area contributed by atoms with Crippen molar-refractivity contribution in [2.45, 2.75) is 19.4 Å². The molecule has 0 bridgehead atoms. The average Bonchev–Trinajstić information content (AvgIpc) is 2.25. The van der Waals surface area contributed by atoms with E-state index in [1.54, 1.807) is 25.1 Å². The van der Waals surface area contributed by atoms with E-state index >= 15 is 0 Å². The topological polar surface area (TPSA) is 55.1 Å². The monoisotopic (exact) mass is 252 g/mol. The maximum absolute atomic E-state index is 11.6. The first kappa shape index (κ1) is 13.7. The fourth-order valence-corrected chi connectivity index (χ4v) is 1.65. The number of benzene rings is 1. The second-order valence-corrected chi connectivity index (χ2v) is 4.75. The molecule has 3 N–H and O–H groups in total. The Bertz CT molecular complexity index is 445. The molecule has 92 valence electrons. The molecule has 1 aromatic rings. The summed E-state index contributed by atoms with van der Waals surface area (Å²) in [5, 5.41) is 3.68. The third-order valence-electron chi connectivity index (χ3n) is 2.64. The number of carbonyl (C=O) groups excluding carboxylic acids is 1. The molecule has 0 saturated heterocycles. The van der Waals surface area contributed by atoms with E-state index < -0.39 is 11.4 Å². The van der Waals surface area contributed by atoms with Crippen LogP contribution in [0.4, 0.5) is 0 Å². The van der Waals surface area contributed by atoms with Gasteiger partial charge < -0.3 is 5.73 Å². The lowest BCUT2D eigenvalue weighted by atomic mass is 9.91. The number of nitrogens with two attached hydrogens (primary N) is 1.